The van der Waals surface area contributed by atoms with Crippen LogP contribution in [0.15, 0.2) is 0 Å². The number of nitrogens with zero attached hydrogens (tertiary/aromatic N) is 3. The number of hydrogen-bond acceptors (Lipinski definition) is 5. The Bertz CT molecular complexity index is 379. The third kappa shape index (κ3) is 2.49. The standard InChI is InChI=1S/C10H16N4OS/c1-3-8-12-10(16-13-8)11-7-4-5-9(15)14(2)6-7/h7H,3-6H2,1-2H3,(H,11,12,13)/t7-/m1/s1. The number of piperidine rings is 1. The van der Waals surface area contributed by atoms with E-state index in [1.165, 1.54) is 11.5 Å². The Kier molecular flexibility index (Phi) is 3.38. The first-order chi connectivity index (χ1) is 7.69. The molecule has 1 saturated heterocycles. The Balaban J connectivity index is 1.92. The van der Waals surface area contributed by atoms with E-state index < -0.39 is 0 Å². The molecule has 2 rings (SSSR count). The Morgan fingerprint density at radius 2 is 2.44 bits per heavy atom. The molecule has 0 unspecified atom stereocenters. The molecule has 1 N–H and O–H groups in total. The molecule has 0 radical (unpaired) electrons. The Labute approximate surface area is 99.0 Å². The molecular formula is C10H16N4OS. The summed E-state index contributed by atoms with van der Waals surface area (Å²) in [5, 5.41) is 4.20. The molecule has 1 aliphatic rings. The molecule has 16 heavy (non-hydrogen) atoms. The van der Waals surface area contributed by atoms with Gasteiger partial charge in [0.15, 0.2) is 0 Å². The minimum absolute atomic E-state index is 0.226. The zero-order chi connectivity index (χ0) is 11.5. The quantitative estimate of drug-likeness (QED) is 0.860. The lowest BCUT2D eigenvalue weighted by molar-refractivity contribution is -0.132. The van der Waals surface area contributed by atoms with Gasteiger partial charge in [0.25, 0.3) is 0 Å². The van der Waals surface area contributed by atoms with E-state index >= 15 is 0 Å². The SMILES string of the molecule is CCc1nsc(N[C@@H]2CCC(=O)N(C)C2)n1. The molecule has 1 aromatic rings. The molecule has 88 valence electrons. The minimum atomic E-state index is 0.226. The molecule has 0 bridgehead atoms. The van der Waals surface area contributed by atoms with Gasteiger partial charge in [0.05, 0.1) is 0 Å². The number of nitrogens with one attached hydrogen (secondary N) is 1. The second kappa shape index (κ2) is 4.78. The van der Waals surface area contributed by atoms with Crippen LogP contribution in [0, 0.1) is 0 Å². The molecule has 1 atom stereocenters. The van der Waals surface area contributed by atoms with Crippen LogP contribution in [-0.2, 0) is 11.2 Å². The van der Waals surface area contributed by atoms with E-state index in [1.807, 2.05) is 14.0 Å². The van der Waals surface area contributed by atoms with Crippen LogP contribution >= 0.6 is 11.5 Å². The van der Waals surface area contributed by atoms with Crippen molar-refractivity contribution in [3.63, 3.8) is 0 Å². The van der Waals surface area contributed by atoms with Gasteiger partial charge in [-0.3, -0.25) is 4.79 Å². The van der Waals surface area contributed by atoms with Crippen LogP contribution < -0.4 is 5.32 Å². The van der Waals surface area contributed by atoms with Gasteiger partial charge in [0.2, 0.25) is 11.0 Å². The molecule has 0 aromatic carbocycles. The second-order valence-electron chi connectivity index (χ2n) is 4.02. The summed E-state index contributed by atoms with van der Waals surface area (Å²) < 4.78 is 4.22. The van der Waals surface area contributed by atoms with Gasteiger partial charge in [0, 0.05) is 44.0 Å². The third-order valence-corrected chi connectivity index (χ3v) is 3.42. The van der Waals surface area contributed by atoms with Crippen molar-refractivity contribution in [1.29, 1.82) is 0 Å². The van der Waals surface area contributed by atoms with Crippen molar-refractivity contribution >= 4 is 22.6 Å². The summed E-state index contributed by atoms with van der Waals surface area (Å²) in [5.74, 6) is 1.11. The largest absolute Gasteiger partial charge is 0.356 e. The number of amides is 1. The molecule has 5 nitrogen and oxygen atoms in total. The maximum Gasteiger partial charge on any atom is 0.222 e. The maximum absolute atomic E-state index is 11.3. The first kappa shape index (κ1) is 11.3. The van der Waals surface area contributed by atoms with Crippen molar-refractivity contribution in [2.24, 2.45) is 0 Å². The summed E-state index contributed by atoms with van der Waals surface area (Å²) in [6.45, 7) is 2.79. The molecule has 2 heterocycles. The third-order valence-electron chi connectivity index (χ3n) is 2.74. The lowest BCUT2D eigenvalue weighted by atomic mass is 10.1. The number of aryl methyl sites for hydroxylation is 1. The van der Waals surface area contributed by atoms with E-state index in [0.717, 1.165) is 30.3 Å². The van der Waals surface area contributed by atoms with E-state index in [1.54, 1.807) is 4.90 Å². The van der Waals surface area contributed by atoms with Gasteiger partial charge in [-0.05, 0) is 6.42 Å². The predicted octanol–water partition coefficient (Wildman–Crippen LogP) is 1.13. The van der Waals surface area contributed by atoms with Crippen LogP contribution in [0.4, 0.5) is 5.13 Å². The van der Waals surface area contributed by atoms with Gasteiger partial charge in [-0.25, -0.2) is 4.98 Å². The second-order valence-corrected chi connectivity index (χ2v) is 4.78. The first-order valence-electron chi connectivity index (χ1n) is 5.52. The Morgan fingerprint density at radius 3 is 3.06 bits per heavy atom. The highest BCUT2D eigenvalue weighted by Crippen LogP contribution is 2.17. The molecule has 6 heteroatoms. The zero-order valence-corrected chi connectivity index (χ0v) is 10.4. The van der Waals surface area contributed by atoms with Crippen molar-refractivity contribution in [3.8, 4) is 0 Å². The fourth-order valence-corrected chi connectivity index (χ4v) is 2.49. The molecule has 0 aliphatic carbocycles. The van der Waals surface area contributed by atoms with Crippen LogP contribution in [0.1, 0.15) is 25.6 Å². The van der Waals surface area contributed by atoms with Crippen LogP contribution in [0.25, 0.3) is 0 Å². The van der Waals surface area contributed by atoms with Gasteiger partial charge in [0.1, 0.15) is 5.82 Å². The minimum Gasteiger partial charge on any atom is -0.356 e. The first-order valence-corrected chi connectivity index (χ1v) is 6.29. The van der Waals surface area contributed by atoms with Crippen molar-refractivity contribution in [1.82, 2.24) is 14.3 Å². The normalized spacial score (nSPS) is 21.2. The van der Waals surface area contributed by atoms with Gasteiger partial charge < -0.3 is 10.2 Å². The molecule has 1 fully saturated rings. The lowest BCUT2D eigenvalue weighted by Crippen LogP contribution is -2.43. The van der Waals surface area contributed by atoms with Gasteiger partial charge >= 0.3 is 0 Å². The van der Waals surface area contributed by atoms with Gasteiger partial charge in [-0.2, -0.15) is 4.37 Å². The number of likely N-dealkylation sites (N-methyl/N-ethyl adjacent to an activating group) is 1. The molecule has 1 aliphatic heterocycles. The van der Waals surface area contributed by atoms with Crippen LogP contribution in [-0.4, -0.2) is 39.8 Å². The highest BCUT2D eigenvalue weighted by molar-refractivity contribution is 7.09. The number of anilines is 1. The highest BCUT2D eigenvalue weighted by atomic mass is 32.1. The van der Waals surface area contributed by atoms with Crippen LogP contribution in [0.5, 0.6) is 0 Å². The smallest absolute Gasteiger partial charge is 0.222 e. The number of likely N-dealkylation sites (tertiary alicyclic amines) is 1. The van der Waals surface area contributed by atoms with Crippen molar-refractivity contribution in [2.45, 2.75) is 32.2 Å². The maximum atomic E-state index is 11.3. The highest BCUT2D eigenvalue weighted by Gasteiger charge is 2.23. The number of carbonyl (C=O) groups is 1. The van der Waals surface area contributed by atoms with E-state index in [4.69, 9.17) is 0 Å². The summed E-state index contributed by atoms with van der Waals surface area (Å²) in [5.41, 5.74) is 0. The predicted molar refractivity (Wildman–Crippen MR) is 63.6 cm³/mol. The summed E-state index contributed by atoms with van der Waals surface area (Å²) in [6.07, 6.45) is 2.36. The van der Waals surface area contributed by atoms with E-state index in [2.05, 4.69) is 14.7 Å². The molecular weight excluding hydrogens is 224 g/mol. The fraction of sp³-hybridized carbons (Fsp3) is 0.700. The fourth-order valence-electron chi connectivity index (χ4n) is 1.76. The van der Waals surface area contributed by atoms with Crippen molar-refractivity contribution in [3.05, 3.63) is 5.82 Å². The number of carbonyl (C=O) groups excluding carboxylic acids is 1. The van der Waals surface area contributed by atoms with E-state index in [-0.39, 0.29) is 5.91 Å². The zero-order valence-electron chi connectivity index (χ0n) is 9.56. The van der Waals surface area contributed by atoms with E-state index in [0.29, 0.717) is 12.5 Å². The van der Waals surface area contributed by atoms with Crippen LogP contribution in [0.2, 0.25) is 0 Å². The van der Waals surface area contributed by atoms with Gasteiger partial charge in [-0.15, -0.1) is 0 Å². The Hall–Kier alpha value is -1.17. The average Bonchev–Trinajstić information content (AvgIpc) is 2.71. The number of hydrogen-bond donors (Lipinski definition) is 1. The lowest BCUT2D eigenvalue weighted by Gasteiger charge is -2.29. The molecule has 1 amide bonds. The van der Waals surface area contributed by atoms with Crippen LogP contribution in [0.3, 0.4) is 0 Å². The monoisotopic (exact) mass is 240 g/mol. The summed E-state index contributed by atoms with van der Waals surface area (Å²) in [4.78, 5) is 17.4. The summed E-state index contributed by atoms with van der Waals surface area (Å²) in [6, 6.07) is 0.306. The van der Waals surface area contributed by atoms with E-state index in [9.17, 15) is 4.79 Å². The number of rotatable bonds is 3. The summed E-state index contributed by atoms with van der Waals surface area (Å²) >= 11 is 1.39. The van der Waals surface area contributed by atoms with Crippen molar-refractivity contribution < 1.29 is 4.79 Å². The number of aromatic nitrogens is 2. The molecule has 0 saturated carbocycles. The molecule has 0 spiro atoms. The van der Waals surface area contributed by atoms with Gasteiger partial charge in [-0.1, -0.05) is 6.92 Å². The topological polar surface area (TPSA) is 58.1 Å². The Morgan fingerprint density at radius 1 is 1.62 bits per heavy atom. The summed E-state index contributed by atoms with van der Waals surface area (Å²) in [7, 11) is 1.84. The van der Waals surface area contributed by atoms with Crippen molar-refractivity contribution in [2.75, 3.05) is 18.9 Å². The average molecular weight is 240 g/mol. The molecule has 1 aromatic heterocycles.